The monoisotopic (exact) mass is 234 g/mol. The Morgan fingerprint density at radius 2 is 2.24 bits per heavy atom. The lowest BCUT2D eigenvalue weighted by molar-refractivity contribution is -0.0117. The smallest absolute Gasteiger partial charge is 0.0874 e. The molecule has 3 heteroatoms. The Hall–Kier alpha value is -1.06. The predicted molar refractivity (Wildman–Crippen MR) is 71.6 cm³/mol. The molecule has 1 N–H and O–H groups in total. The van der Waals surface area contributed by atoms with Crippen molar-refractivity contribution in [2.45, 2.75) is 20.0 Å². The van der Waals surface area contributed by atoms with Gasteiger partial charge in [-0.25, -0.2) is 0 Å². The lowest BCUT2D eigenvalue weighted by Crippen LogP contribution is -2.43. The van der Waals surface area contributed by atoms with Crippen LogP contribution in [0.1, 0.15) is 11.1 Å². The van der Waals surface area contributed by atoms with E-state index in [1.165, 1.54) is 16.8 Å². The topological polar surface area (TPSA) is 24.5 Å². The molecule has 0 amide bonds. The van der Waals surface area contributed by atoms with Gasteiger partial charge < -0.3 is 15.0 Å². The van der Waals surface area contributed by atoms with E-state index < -0.39 is 0 Å². The summed E-state index contributed by atoms with van der Waals surface area (Å²) in [5, 5.41) is 3.49. The normalized spacial score (nSPS) is 21.5. The molecule has 1 atom stereocenters. The molecule has 0 radical (unpaired) electrons. The number of hydrogen-bond donors (Lipinski definition) is 1. The van der Waals surface area contributed by atoms with E-state index >= 15 is 0 Å². The molecule has 1 aromatic rings. The van der Waals surface area contributed by atoms with E-state index in [2.05, 4.69) is 49.3 Å². The molecule has 3 nitrogen and oxygen atoms in total. The second kappa shape index (κ2) is 5.52. The second-order valence-electron chi connectivity index (χ2n) is 4.88. The Bertz CT molecular complexity index is 378. The maximum Gasteiger partial charge on any atom is 0.0874 e. The zero-order valence-corrected chi connectivity index (χ0v) is 11.0. The van der Waals surface area contributed by atoms with E-state index in [4.69, 9.17) is 4.74 Å². The fraction of sp³-hybridized carbons (Fsp3) is 0.571. The largest absolute Gasteiger partial charge is 0.382 e. The van der Waals surface area contributed by atoms with Gasteiger partial charge in [0.2, 0.25) is 0 Å². The average Bonchev–Trinajstić information content (AvgIpc) is 2.31. The van der Waals surface area contributed by atoms with Crippen molar-refractivity contribution in [1.29, 1.82) is 0 Å². The maximum atomic E-state index is 5.74. The van der Waals surface area contributed by atoms with Crippen molar-refractivity contribution >= 4 is 5.69 Å². The number of ether oxygens (including phenoxy) is 1. The van der Waals surface area contributed by atoms with Crippen molar-refractivity contribution in [3.05, 3.63) is 29.3 Å². The number of nitrogens with zero attached hydrogens (tertiary/aromatic N) is 1. The second-order valence-corrected chi connectivity index (χ2v) is 4.88. The van der Waals surface area contributed by atoms with Crippen LogP contribution in [0.4, 0.5) is 5.69 Å². The highest BCUT2D eigenvalue weighted by Gasteiger charge is 2.17. The van der Waals surface area contributed by atoms with Gasteiger partial charge in [0.15, 0.2) is 0 Å². The molecule has 1 unspecified atom stereocenters. The Labute approximate surface area is 104 Å². The first-order chi connectivity index (χ1) is 8.16. The summed E-state index contributed by atoms with van der Waals surface area (Å²) in [5.41, 5.74) is 3.88. The number of hydrogen-bond acceptors (Lipinski definition) is 3. The third kappa shape index (κ3) is 3.20. The molecule has 2 rings (SSSR count). The first-order valence-electron chi connectivity index (χ1n) is 6.27. The van der Waals surface area contributed by atoms with E-state index in [-0.39, 0.29) is 0 Å². The number of morpholine rings is 1. The van der Waals surface area contributed by atoms with Crippen LogP contribution >= 0.6 is 0 Å². The van der Waals surface area contributed by atoms with Gasteiger partial charge in [0.25, 0.3) is 0 Å². The summed E-state index contributed by atoms with van der Waals surface area (Å²) in [6, 6.07) is 6.37. The SMILES string of the molecule is Cc1cccc(NCC2CN(C)CCO2)c1C. The molecule has 0 aromatic heterocycles. The molecule has 1 fully saturated rings. The maximum absolute atomic E-state index is 5.74. The predicted octanol–water partition coefficient (Wildman–Crippen LogP) is 2.05. The highest BCUT2D eigenvalue weighted by molar-refractivity contribution is 5.53. The first-order valence-corrected chi connectivity index (χ1v) is 6.27. The van der Waals surface area contributed by atoms with Crippen LogP contribution in [-0.2, 0) is 4.74 Å². The molecule has 0 bridgehead atoms. The van der Waals surface area contributed by atoms with E-state index in [0.29, 0.717) is 6.10 Å². The molecular formula is C14H22N2O. The highest BCUT2D eigenvalue weighted by atomic mass is 16.5. The number of likely N-dealkylation sites (N-methyl/N-ethyl adjacent to an activating group) is 1. The molecule has 1 aliphatic heterocycles. The Kier molecular flexibility index (Phi) is 4.02. The number of benzene rings is 1. The standard InChI is InChI=1S/C14H22N2O/c1-11-5-4-6-14(12(11)2)15-9-13-10-16(3)7-8-17-13/h4-6,13,15H,7-10H2,1-3H3. The van der Waals surface area contributed by atoms with Crippen LogP contribution in [0.15, 0.2) is 18.2 Å². The van der Waals surface area contributed by atoms with E-state index in [0.717, 1.165) is 26.2 Å². The number of nitrogens with one attached hydrogen (secondary N) is 1. The Morgan fingerprint density at radius 1 is 1.41 bits per heavy atom. The van der Waals surface area contributed by atoms with Gasteiger partial charge in [-0.2, -0.15) is 0 Å². The van der Waals surface area contributed by atoms with E-state index in [1.807, 2.05) is 0 Å². The van der Waals surface area contributed by atoms with E-state index in [1.54, 1.807) is 0 Å². The minimum absolute atomic E-state index is 0.300. The summed E-state index contributed by atoms with van der Waals surface area (Å²) in [5.74, 6) is 0. The molecule has 17 heavy (non-hydrogen) atoms. The third-order valence-electron chi connectivity index (χ3n) is 3.47. The van der Waals surface area contributed by atoms with Crippen LogP contribution in [0.5, 0.6) is 0 Å². The molecule has 0 saturated carbocycles. The summed E-state index contributed by atoms with van der Waals surface area (Å²) in [4.78, 5) is 2.32. The van der Waals surface area contributed by atoms with Gasteiger partial charge in [-0.15, -0.1) is 0 Å². The van der Waals surface area contributed by atoms with Crippen molar-refractivity contribution in [2.24, 2.45) is 0 Å². The molecule has 0 spiro atoms. The third-order valence-corrected chi connectivity index (χ3v) is 3.47. The van der Waals surface area contributed by atoms with Crippen molar-refractivity contribution in [3.8, 4) is 0 Å². The van der Waals surface area contributed by atoms with Crippen LogP contribution < -0.4 is 5.32 Å². The highest BCUT2D eigenvalue weighted by Crippen LogP contribution is 2.18. The van der Waals surface area contributed by atoms with Crippen molar-refractivity contribution < 1.29 is 4.74 Å². The van der Waals surface area contributed by atoms with Gasteiger partial charge in [-0.1, -0.05) is 12.1 Å². The van der Waals surface area contributed by atoms with E-state index in [9.17, 15) is 0 Å². The summed E-state index contributed by atoms with van der Waals surface area (Å²) in [7, 11) is 2.15. The van der Waals surface area contributed by atoms with Gasteiger partial charge in [0, 0.05) is 25.3 Å². The summed E-state index contributed by atoms with van der Waals surface area (Å²) < 4.78 is 5.74. The molecule has 94 valence electrons. The minimum Gasteiger partial charge on any atom is -0.382 e. The quantitative estimate of drug-likeness (QED) is 0.866. The molecule has 1 aliphatic rings. The minimum atomic E-state index is 0.300. The van der Waals surface area contributed by atoms with Crippen molar-refractivity contribution in [3.63, 3.8) is 0 Å². The zero-order chi connectivity index (χ0) is 12.3. The van der Waals surface area contributed by atoms with Gasteiger partial charge in [0.1, 0.15) is 0 Å². The van der Waals surface area contributed by atoms with Gasteiger partial charge in [-0.05, 0) is 38.1 Å². The average molecular weight is 234 g/mol. The summed E-state index contributed by atoms with van der Waals surface area (Å²) in [6.07, 6.45) is 0.300. The van der Waals surface area contributed by atoms with Crippen LogP contribution in [0, 0.1) is 13.8 Å². The van der Waals surface area contributed by atoms with Crippen LogP contribution in [0.2, 0.25) is 0 Å². The lowest BCUT2D eigenvalue weighted by Gasteiger charge is -2.30. The number of rotatable bonds is 3. The number of anilines is 1. The molecule has 0 aliphatic carbocycles. The Morgan fingerprint density at radius 3 is 3.00 bits per heavy atom. The zero-order valence-electron chi connectivity index (χ0n) is 11.0. The van der Waals surface area contributed by atoms with Crippen molar-refractivity contribution in [2.75, 3.05) is 38.6 Å². The van der Waals surface area contributed by atoms with Crippen LogP contribution in [-0.4, -0.2) is 44.3 Å². The van der Waals surface area contributed by atoms with Crippen molar-refractivity contribution in [1.82, 2.24) is 4.90 Å². The van der Waals surface area contributed by atoms with Crippen LogP contribution in [0.3, 0.4) is 0 Å². The van der Waals surface area contributed by atoms with Gasteiger partial charge in [-0.3, -0.25) is 0 Å². The number of aryl methyl sites for hydroxylation is 1. The molecule has 1 aromatic carbocycles. The summed E-state index contributed by atoms with van der Waals surface area (Å²) in [6.45, 7) is 8.08. The summed E-state index contributed by atoms with van der Waals surface area (Å²) >= 11 is 0. The lowest BCUT2D eigenvalue weighted by atomic mass is 10.1. The molecular weight excluding hydrogens is 212 g/mol. The molecule has 1 heterocycles. The molecule has 1 saturated heterocycles. The fourth-order valence-electron chi connectivity index (χ4n) is 2.16. The fourth-order valence-corrected chi connectivity index (χ4v) is 2.16. The van der Waals surface area contributed by atoms with Gasteiger partial charge in [0.05, 0.1) is 12.7 Å². The van der Waals surface area contributed by atoms with Gasteiger partial charge >= 0.3 is 0 Å². The Balaban J connectivity index is 1.91. The van der Waals surface area contributed by atoms with Crippen LogP contribution in [0.25, 0.3) is 0 Å². The first kappa shape index (κ1) is 12.4.